The molecule has 3 aliphatic rings. The number of hydrogen-bond acceptors (Lipinski definition) is 3. The molecule has 3 saturated heterocycles. The molecule has 0 unspecified atom stereocenters. The molecule has 3 aliphatic heterocycles. The Balaban J connectivity index is 1.71. The lowest BCUT2D eigenvalue weighted by Gasteiger charge is -2.32. The van der Waals surface area contributed by atoms with Gasteiger partial charge >= 0.3 is 0 Å². The number of rotatable bonds is 1. The van der Waals surface area contributed by atoms with E-state index in [4.69, 9.17) is 0 Å². The van der Waals surface area contributed by atoms with Crippen LogP contribution in [0.2, 0.25) is 0 Å². The number of hydrogen-bond donors (Lipinski definition) is 0. The van der Waals surface area contributed by atoms with Gasteiger partial charge in [0.15, 0.2) is 5.69 Å². The number of aryl methyl sites for hydroxylation is 1. The molecule has 2 bridgehead atoms. The van der Waals surface area contributed by atoms with Crippen LogP contribution >= 0.6 is 0 Å². The Morgan fingerprint density at radius 2 is 2.12 bits per heavy atom. The lowest BCUT2D eigenvalue weighted by atomic mass is 9.95. The van der Waals surface area contributed by atoms with Crippen molar-refractivity contribution in [2.24, 2.45) is 5.92 Å². The Kier molecular flexibility index (Phi) is 3.33. The number of carbonyl (C=O) groups is 2. The quantitative estimate of drug-likeness (QED) is 0.796. The van der Waals surface area contributed by atoms with Gasteiger partial charge in [0.25, 0.3) is 5.91 Å². The summed E-state index contributed by atoms with van der Waals surface area (Å²) in [6.07, 6.45) is 3.22. The van der Waals surface area contributed by atoms with Gasteiger partial charge in [-0.05, 0) is 31.4 Å². The molecule has 0 N–H and O–H groups in total. The standard InChI is InChI=1S/C17H19FN4O2/c1-10-4-3-7-22-14(18)13(19-15(10)22)17(24)21-8-11-5-6-12(9-21)20(2)16(11)23/h3-4,7,11-12H,5-6,8-9H2,1-2H3/t11-,12+/m1/s1. The molecule has 0 spiro atoms. The largest absolute Gasteiger partial charge is 0.341 e. The number of likely N-dealkylation sites (N-methyl/N-ethyl adjacent to an activating group) is 1. The third-order valence-electron chi connectivity index (χ3n) is 5.24. The normalized spacial score (nSPS) is 23.9. The van der Waals surface area contributed by atoms with E-state index < -0.39 is 11.9 Å². The summed E-state index contributed by atoms with van der Waals surface area (Å²) in [4.78, 5) is 32.7. The van der Waals surface area contributed by atoms with Gasteiger partial charge in [0.1, 0.15) is 5.65 Å². The number of pyridine rings is 1. The van der Waals surface area contributed by atoms with Gasteiger partial charge in [-0.1, -0.05) is 6.07 Å². The zero-order chi connectivity index (χ0) is 17.0. The van der Waals surface area contributed by atoms with Gasteiger partial charge in [0, 0.05) is 32.4 Å². The highest BCUT2D eigenvalue weighted by molar-refractivity contribution is 5.94. The van der Waals surface area contributed by atoms with Crippen molar-refractivity contribution in [3.63, 3.8) is 0 Å². The predicted molar refractivity (Wildman–Crippen MR) is 85.1 cm³/mol. The first-order chi connectivity index (χ1) is 11.5. The van der Waals surface area contributed by atoms with Gasteiger partial charge in [-0.2, -0.15) is 4.39 Å². The molecule has 2 aromatic rings. The molecule has 0 aromatic carbocycles. The molecular weight excluding hydrogens is 311 g/mol. The van der Waals surface area contributed by atoms with Gasteiger partial charge < -0.3 is 9.80 Å². The first kappa shape index (κ1) is 15.1. The molecule has 3 fully saturated rings. The topological polar surface area (TPSA) is 57.9 Å². The molecule has 2 atom stereocenters. The second kappa shape index (κ2) is 5.29. The van der Waals surface area contributed by atoms with E-state index >= 15 is 0 Å². The summed E-state index contributed by atoms with van der Waals surface area (Å²) in [7, 11) is 1.78. The van der Waals surface area contributed by atoms with Crippen LogP contribution in [0.15, 0.2) is 18.3 Å². The molecule has 24 heavy (non-hydrogen) atoms. The zero-order valence-electron chi connectivity index (χ0n) is 13.7. The van der Waals surface area contributed by atoms with Crippen LogP contribution in [0.4, 0.5) is 4.39 Å². The van der Waals surface area contributed by atoms with E-state index in [0.29, 0.717) is 18.7 Å². The van der Waals surface area contributed by atoms with Crippen LogP contribution < -0.4 is 0 Å². The second-order valence-electron chi connectivity index (χ2n) is 6.72. The summed E-state index contributed by atoms with van der Waals surface area (Å²) < 4.78 is 16.0. The molecule has 7 heteroatoms. The molecule has 5 rings (SSSR count). The fourth-order valence-electron chi connectivity index (χ4n) is 3.78. The number of amides is 2. The van der Waals surface area contributed by atoms with Crippen molar-refractivity contribution in [3.05, 3.63) is 35.5 Å². The SMILES string of the molecule is Cc1cccn2c(F)c(C(=O)N3C[C@H]4CC[C@@H](C3)N(C)C4=O)nc12. The summed E-state index contributed by atoms with van der Waals surface area (Å²) in [5.41, 5.74) is 1.09. The van der Waals surface area contributed by atoms with Gasteiger partial charge in [-0.3, -0.25) is 14.0 Å². The van der Waals surface area contributed by atoms with Crippen molar-refractivity contribution >= 4 is 17.5 Å². The number of carbonyl (C=O) groups excluding carboxylic acids is 2. The lowest BCUT2D eigenvalue weighted by molar-refractivity contribution is -0.138. The van der Waals surface area contributed by atoms with Crippen LogP contribution in [0.25, 0.3) is 5.65 Å². The lowest BCUT2D eigenvalue weighted by Crippen LogP contribution is -2.45. The summed E-state index contributed by atoms with van der Waals surface area (Å²) in [5.74, 6) is -1.20. The van der Waals surface area contributed by atoms with Crippen molar-refractivity contribution in [1.29, 1.82) is 0 Å². The molecule has 0 radical (unpaired) electrons. The van der Waals surface area contributed by atoms with E-state index in [-0.39, 0.29) is 23.6 Å². The molecule has 6 nitrogen and oxygen atoms in total. The predicted octanol–water partition coefficient (Wildman–Crippen LogP) is 1.47. The maximum Gasteiger partial charge on any atom is 0.277 e. The highest BCUT2D eigenvalue weighted by Crippen LogP contribution is 2.29. The number of nitrogens with zero attached hydrogens (tertiary/aromatic N) is 4. The summed E-state index contributed by atoms with van der Waals surface area (Å²) in [6.45, 7) is 2.60. The minimum atomic E-state index is -0.644. The Morgan fingerprint density at radius 3 is 2.88 bits per heavy atom. The maximum atomic E-state index is 14.7. The summed E-state index contributed by atoms with van der Waals surface area (Å²) in [5, 5.41) is 0. The monoisotopic (exact) mass is 330 g/mol. The fraction of sp³-hybridized carbons (Fsp3) is 0.471. The maximum absolute atomic E-state index is 14.7. The van der Waals surface area contributed by atoms with Crippen LogP contribution in [0.5, 0.6) is 0 Å². The second-order valence-corrected chi connectivity index (χ2v) is 6.72. The van der Waals surface area contributed by atoms with E-state index in [9.17, 15) is 14.0 Å². The first-order valence-electron chi connectivity index (χ1n) is 8.16. The van der Waals surface area contributed by atoms with Crippen LogP contribution in [-0.4, -0.2) is 57.2 Å². The zero-order valence-corrected chi connectivity index (χ0v) is 13.7. The first-order valence-corrected chi connectivity index (χ1v) is 8.16. The van der Waals surface area contributed by atoms with Gasteiger partial charge in [-0.25, -0.2) is 4.98 Å². The molecule has 0 aliphatic carbocycles. The van der Waals surface area contributed by atoms with Crippen molar-refractivity contribution < 1.29 is 14.0 Å². The van der Waals surface area contributed by atoms with Gasteiger partial charge in [0.2, 0.25) is 11.9 Å². The fourth-order valence-corrected chi connectivity index (χ4v) is 3.78. The number of fused-ring (bicyclic) bond motifs is 5. The minimum Gasteiger partial charge on any atom is -0.341 e. The Hall–Kier alpha value is -2.44. The number of piperidine rings is 1. The molecule has 126 valence electrons. The van der Waals surface area contributed by atoms with E-state index in [1.807, 2.05) is 13.0 Å². The minimum absolute atomic E-state index is 0.00188. The third-order valence-corrected chi connectivity index (χ3v) is 5.24. The molecular formula is C17H19FN4O2. The van der Waals surface area contributed by atoms with Crippen molar-refractivity contribution in [3.8, 4) is 0 Å². The van der Waals surface area contributed by atoms with E-state index in [0.717, 1.165) is 18.4 Å². The van der Waals surface area contributed by atoms with Crippen LogP contribution in [0, 0.1) is 18.8 Å². The van der Waals surface area contributed by atoms with Crippen LogP contribution in [0.3, 0.4) is 0 Å². The number of aromatic nitrogens is 2. The van der Waals surface area contributed by atoms with E-state index in [1.54, 1.807) is 29.1 Å². The average molecular weight is 330 g/mol. The van der Waals surface area contributed by atoms with Crippen LogP contribution in [0.1, 0.15) is 28.9 Å². The van der Waals surface area contributed by atoms with Gasteiger partial charge in [0.05, 0.1) is 5.92 Å². The van der Waals surface area contributed by atoms with E-state index in [1.165, 1.54) is 4.40 Å². The van der Waals surface area contributed by atoms with Crippen molar-refractivity contribution in [2.45, 2.75) is 25.8 Å². The van der Waals surface area contributed by atoms with Crippen molar-refractivity contribution in [1.82, 2.24) is 19.2 Å². The molecule has 2 aromatic heterocycles. The number of imidazole rings is 1. The molecule has 5 heterocycles. The average Bonchev–Trinajstić information content (AvgIpc) is 2.73. The smallest absolute Gasteiger partial charge is 0.277 e. The Labute approximate surface area is 138 Å². The highest BCUT2D eigenvalue weighted by Gasteiger charge is 2.41. The Bertz CT molecular complexity index is 846. The molecule has 2 amide bonds. The number of halogens is 1. The molecule has 0 saturated carbocycles. The van der Waals surface area contributed by atoms with Crippen LogP contribution in [-0.2, 0) is 4.79 Å². The summed E-state index contributed by atoms with van der Waals surface area (Å²) >= 11 is 0. The van der Waals surface area contributed by atoms with Crippen molar-refractivity contribution in [2.75, 3.05) is 20.1 Å². The third kappa shape index (κ3) is 2.11. The summed E-state index contributed by atoms with van der Waals surface area (Å²) in [6, 6.07) is 3.55. The highest BCUT2D eigenvalue weighted by atomic mass is 19.1. The Morgan fingerprint density at radius 1 is 1.33 bits per heavy atom. The van der Waals surface area contributed by atoms with Gasteiger partial charge in [-0.15, -0.1) is 0 Å². The van der Waals surface area contributed by atoms with E-state index in [2.05, 4.69) is 4.98 Å².